The molecule has 0 amide bonds. The number of hydrogen-bond acceptors (Lipinski definition) is 3. The molecule has 0 aromatic carbocycles. The predicted octanol–water partition coefficient (Wildman–Crippen LogP) is 0.818. The van der Waals surface area contributed by atoms with Crippen LogP contribution in [0.3, 0.4) is 0 Å². The number of aliphatic hydroxyl groups is 1. The smallest absolute Gasteiger partial charge is 0.0938 e. The Morgan fingerprint density at radius 3 is 2.64 bits per heavy atom. The van der Waals surface area contributed by atoms with Crippen LogP contribution in [0.1, 0.15) is 32.1 Å². The van der Waals surface area contributed by atoms with Gasteiger partial charge in [0.1, 0.15) is 0 Å². The van der Waals surface area contributed by atoms with E-state index in [1.54, 1.807) is 0 Å². The van der Waals surface area contributed by atoms with Crippen LogP contribution in [0.25, 0.3) is 0 Å². The Balaban J connectivity index is 2.08. The third-order valence-corrected chi connectivity index (χ3v) is 2.37. The molecule has 0 bridgehead atoms. The van der Waals surface area contributed by atoms with E-state index in [1.807, 2.05) is 0 Å². The lowest BCUT2D eigenvalue weighted by molar-refractivity contribution is 0.0241. The fourth-order valence-electron chi connectivity index (χ4n) is 1.81. The van der Waals surface area contributed by atoms with E-state index in [4.69, 9.17) is 5.90 Å². The molecule has 3 heteroatoms. The van der Waals surface area contributed by atoms with Gasteiger partial charge >= 0.3 is 0 Å². The molecule has 1 aliphatic carbocycles. The quantitative estimate of drug-likeness (QED) is 0.597. The SMILES string of the molecule is NOCC(O)CC1CCCC1. The highest BCUT2D eigenvalue weighted by atomic mass is 16.6. The second-order valence-electron chi connectivity index (χ2n) is 3.37. The zero-order chi connectivity index (χ0) is 8.10. The first-order chi connectivity index (χ1) is 5.33. The molecule has 1 atom stereocenters. The van der Waals surface area contributed by atoms with E-state index in [0.29, 0.717) is 5.92 Å². The van der Waals surface area contributed by atoms with Crippen molar-refractivity contribution in [3.63, 3.8) is 0 Å². The van der Waals surface area contributed by atoms with Crippen LogP contribution in [0.2, 0.25) is 0 Å². The maximum absolute atomic E-state index is 9.30. The van der Waals surface area contributed by atoms with Crippen LogP contribution < -0.4 is 5.90 Å². The van der Waals surface area contributed by atoms with Crippen LogP contribution >= 0.6 is 0 Å². The monoisotopic (exact) mass is 159 g/mol. The molecular weight excluding hydrogens is 142 g/mol. The van der Waals surface area contributed by atoms with Crippen molar-refractivity contribution in [2.24, 2.45) is 11.8 Å². The first-order valence-electron chi connectivity index (χ1n) is 4.32. The second-order valence-corrected chi connectivity index (χ2v) is 3.37. The molecule has 1 rings (SSSR count). The van der Waals surface area contributed by atoms with Gasteiger partial charge in [0.25, 0.3) is 0 Å². The maximum atomic E-state index is 9.30. The van der Waals surface area contributed by atoms with Gasteiger partial charge in [0, 0.05) is 0 Å². The average molecular weight is 159 g/mol. The Kier molecular flexibility index (Phi) is 3.83. The van der Waals surface area contributed by atoms with Crippen molar-refractivity contribution in [3.8, 4) is 0 Å². The topological polar surface area (TPSA) is 55.5 Å². The van der Waals surface area contributed by atoms with E-state index in [2.05, 4.69) is 4.84 Å². The summed E-state index contributed by atoms with van der Waals surface area (Å²) < 4.78 is 0. The van der Waals surface area contributed by atoms with Crippen molar-refractivity contribution in [2.45, 2.75) is 38.2 Å². The van der Waals surface area contributed by atoms with Gasteiger partial charge in [-0.1, -0.05) is 25.7 Å². The Morgan fingerprint density at radius 2 is 2.09 bits per heavy atom. The second kappa shape index (κ2) is 4.70. The third kappa shape index (κ3) is 3.18. The number of rotatable bonds is 4. The lowest BCUT2D eigenvalue weighted by Crippen LogP contribution is -2.20. The zero-order valence-corrected chi connectivity index (χ0v) is 6.83. The van der Waals surface area contributed by atoms with Gasteiger partial charge in [0.05, 0.1) is 12.7 Å². The van der Waals surface area contributed by atoms with Crippen molar-refractivity contribution in [2.75, 3.05) is 6.61 Å². The van der Waals surface area contributed by atoms with Gasteiger partial charge in [0.2, 0.25) is 0 Å². The highest BCUT2D eigenvalue weighted by Gasteiger charge is 2.18. The first-order valence-corrected chi connectivity index (χ1v) is 4.32. The molecule has 0 heterocycles. The number of hydrogen-bond donors (Lipinski definition) is 2. The maximum Gasteiger partial charge on any atom is 0.0938 e. The summed E-state index contributed by atoms with van der Waals surface area (Å²) in [6, 6.07) is 0. The van der Waals surface area contributed by atoms with Crippen LogP contribution in [-0.2, 0) is 4.84 Å². The molecule has 1 aliphatic rings. The Bertz CT molecular complexity index is 102. The molecular formula is C8H17NO2. The molecule has 0 aromatic heterocycles. The van der Waals surface area contributed by atoms with E-state index >= 15 is 0 Å². The summed E-state index contributed by atoms with van der Waals surface area (Å²) in [4.78, 5) is 4.36. The molecule has 0 aromatic rings. The minimum Gasteiger partial charge on any atom is -0.391 e. The van der Waals surface area contributed by atoms with E-state index < -0.39 is 0 Å². The van der Waals surface area contributed by atoms with Gasteiger partial charge in [-0.05, 0) is 12.3 Å². The summed E-state index contributed by atoms with van der Waals surface area (Å²) in [5.41, 5.74) is 0. The fourth-order valence-corrected chi connectivity index (χ4v) is 1.81. The predicted molar refractivity (Wildman–Crippen MR) is 42.7 cm³/mol. The summed E-state index contributed by atoms with van der Waals surface area (Å²) in [7, 11) is 0. The van der Waals surface area contributed by atoms with Crippen LogP contribution in [0, 0.1) is 5.92 Å². The molecule has 1 unspecified atom stereocenters. The van der Waals surface area contributed by atoms with Gasteiger partial charge in [-0.3, -0.25) is 0 Å². The van der Waals surface area contributed by atoms with Crippen molar-refractivity contribution < 1.29 is 9.94 Å². The summed E-state index contributed by atoms with van der Waals surface area (Å²) in [5, 5.41) is 9.30. The zero-order valence-electron chi connectivity index (χ0n) is 6.83. The van der Waals surface area contributed by atoms with Crippen molar-refractivity contribution in [1.29, 1.82) is 0 Å². The molecule has 3 N–H and O–H groups in total. The molecule has 3 nitrogen and oxygen atoms in total. The van der Waals surface area contributed by atoms with Gasteiger partial charge in [-0.25, -0.2) is 5.90 Å². The molecule has 0 radical (unpaired) electrons. The molecule has 0 spiro atoms. The Hall–Kier alpha value is -0.120. The van der Waals surface area contributed by atoms with E-state index in [1.165, 1.54) is 25.7 Å². The highest BCUT2D eigenvalue weighted by molar-refractivity contribution is 4.70. The average Bonchev–Trinajstić information content (AvgIpc) is 2.40. The van der Waals surface area contributed by atoms with Gasteiger partial charge in [-0.2, -0.15) is 0 Å². The van der Waals surface area contributed by atoms with E-state index in [0.717, 1.165) is 6.42 Å². The number of nitrogens with two attached hydrogens (primary N) is 1. The first kappa shape index (κ1) is 8.97. The Labute approximate surface area is 67.5 Å². The summed E-state index contributed by atoms with van der Waals surface area (Å²) >= 11 is 0. The Morgan fingerprint density at radius 1 is 1.45 bits per heavy atom. The van der Waals surface area contributed by atoms with Gasteiger partial charge in [0.15, 0.2) is 0 Å². The summed E-state index contributed by atoms with van der Waals surface area (Å²) in [6.45, 7) is 0.274. The van der Waals surface area contributed by atoms with Gasteiger partial charge < -0.3 is 9.94 Å². The van der Waals surface area contributed by atoms with Gasteiger partial charge in [-0.15, -0.1) is 0 Å². The molecule has 66 valence electrons. The molecule has 1 fully saturated rings. The normalized spacial score (nSPS) is 22.4. The van der Waals surface area contributed by atoms with Crippen molar-refractivity contribution in [1.82, 2.24) is 0 Å². The minimum absolute atomic E-state index is 0.274. The van der Waals surface area contributed by atoms with Crippen LogP contribution in [-0.4, -0.2) is 17.8 Å². The van der Waals surface area contributed by atoms with E-state index in [-0.39, 0.29) is 12.7 Å². The fraction of sp³-hybridized carbons (Fsp3) is 1.00. The van der Waals surface area contributed by atoms with Crippen LogP contribution in [0.15, 0.2) is 0 Å². The molecule has 1 saturated carbocycles. The molecule has 11 heavy (non-hydrogen) atoms. The minimum atomic E-state index is -0.358. The lowest BCUT2D eigenvalue weighted by Gasteiger charge is -2.13. The summed E-state index contributed by atoms with van der Waals surface area (Å²) in [6.07, 6.45) is 5.67. The molecule has 0 saturated heterocycles. The lowest BCUT2D eigenvalue weighted by atomic mass is 10.0. The highest BCUT2D eigenvalue weighted by Crippen LogP contribution is 2.28. The van der Waals surface area contributed by atoms with E-state index in [9.17, 15) is 5.11 Å². The van der Waals surface area contributed by atoms with Crippen molar-refractivity contribution in [3.05, 3.63) is 0 Å². The molecule has 0 aliphatic heterocycles. The largest absolute Gasteiger partial charge is 0.391 e. The van der Waals surface area contributed by atoms with Crippen molar-refractivity contribution >= 4 is 0 Å². The summed E-state index contributed by atoms with van der Waals surface area (Å²) in [5.74, 6) is 5.55. The standard InChI is InChI=1S/C8H17NO2/c9-11-6-8(10)5-7-3-1-2-4-7/h7-8,10H,1-6,9H2. The number of aliphatic hydroxyl groups excluding tert-OH is 1. The third-order valence-electron chi connectivity index (χ3n) is 2.37. The van der Waals surface area contributed by atoms with Crippen LogP contribution in [0.5, 0.6) is 0 Å². The van der Waals surface area contributed by atoms with Crippen LogP contribution in [0.4, 0.5) is 0 Å².